The Bertz CT molecular complexity index is 683. The van der Waals surface area contributed by atoms with E-state index in [0.29, 0.717) is 5.56 Å². The van der Waals surface area contributed by atoms with Gasteiger partial charge in [0.2, 0.25) is 0 Å². The second-order valence-electron chi connectivity index (χ2n) is 3.92. The van der Waals surface area contributed by atoms with Gasteiger partial charge in [-0.15, -0.1) is 0 Å². The molecule has 0 fully saturated rings. The van der Waals surface area contributed by atoms with Crippen LogP contribution in [0.25, 0.3) is 6.08 Å². The maximum Gasteiger partial charge on any atom is 1.00 e. The summed E-state index contributed by atoms with van der Waals surface area (Å²) in [6.07, 6.45) is 3.19. The Morgan fingerprint density at radius 2 is 1.57 bits per heavy atom. The molecule has 0 aliphatic heterocycles. The smallest absolute Gasteiger partial charge is 0.533 e. The monoisotopic (exact) mass is 310 g/mol. The van der Waals surface area contributed by atoms with E-state index in [1.165, 1.54) is 30.3 Å². The van der Waals surface area contributed by atoms with Crippen LogP contribution in [-0.2, 0) is 19.4 Å². The van der Waals surface area contributed by atoms with Crippen molar-refractivity contribution in [3.05, 3.63) is 71.8 Å². The van der Waals surface area contributed by atoms with Gasteiger partial charge in [0.05, 0.1) is 0 Å². The molecule has 0 saturated heterocycles. The average molecular weight is 310 g/mol. The summed E-state index contributed by atoms with van der Waals surface area (Å²) in [5, 5.41) is 0. The summed E-state index contributed by atoms with van der Waals surface area (Å²) in [5.41, 5.74) is 1.39. The molecule has 0 radical (unpaired) electrons. The Morgan fingerprint density at radius 3 is 2.14 bits per heavy atom. The van der Waals surface area contributed by atoms with Crippen LogP contribution < -0.4 is 33.7 Å². The Balaban J connectivity index is 0.00000220. The van der Waals surface area contributed by atoms with E-state index >= 15 is 0 Å². The largest absolute Gasteiger partial charge is 1.00 e. The number of ketones is 1. The normalized spacial score (nSPS) is 10.3. The molecule has 21 heavy (non-hydrogen) atoms. The van der Waals surface area contributed by atoms with Crippen LogP contribution in [0, 0.1) is 0 Å². The Morgan fingerprint density at radius 1 is 0.952 bits per heavy atom. The summed E-state index contributed by atoms with van der Waals surface area (Å²) in [6, 6.07) is 15.4. The zero-order valence-corrected chi connectivity index (χ0v) is 14.2. The number of hydrogen-bond donors (Lipinski definition) is 0. The molecule has 0 spiro atoms. The van der Waals surface area contributed by atoms with Crippen LogP contribution >= 0.6 is 0 Å². The van der Waals surface area contributed by atoms with Gasteiger partial charge in [0.15, 0.2) is 5.78 Å². The second-order valence-corrected chi connectivity index (χ2v) is 4.50. The van der Waals surface area contributed by atoms with Crippen molar-refractivity contribution in [2.24, 2.45) is 0 Å². The van der Waals surface area contributed by atoms with Crippen molar-refractivity contribution >= 4 is 22.8 Å². The van der Waals surface area contributed by atoms with Crippen molar-refractivity contribution in [1.82, 2.24) is 0 Å². The first-order chi connectivity index (χ1) is 9.65. The molecule has 102 valence electrons. The maximum atomic E-state index is 11.9. The Labute approximate surface area is 146 Å². The molecule has 0 amide bonds. The van der Waals surface area contributed by atoms with E-state index in [2.05, 4.69) is 4.18 Å². The minimum absolute atomic E-state index is 0. The van der Waals surface area contributed by atoms with Crippen molar-refractivity contribution in [2.75, 3.05) is 0 Å². The molecule has 0 aliphatic carbocycles. The van der Waals surface area contributed by atoms with Crippen molar-refractivity contribution in [3.8, 4) is 5.75 Å². The van der Waals surface area contributed by atoms with Crippen molar-refractivity contribution < 1.29 is 47.0 Å². The van der Waals surface area contributed by atoms with Gasteiger partial charge in [-0.25, -0.2) is 0 Å². The van der Waals surface area contributed by atoms with E-state index in [-0.39, 0.29) is 41.1 Å². The molecule has 2 aromatic carbocycles. The van der Waals surface area contributed by atoms with E-state index in [0.717, 1.165) is 5.56 Å². The number of carbonyl (C=O) groups is 1. The van der Waals surface area contributed by atoms with E-state index in [1.54, 1.807) is 6.08 Å². The van der Waals surface area contributed by atoms with Gasteiger partial charge in [-0.05, 0) is 35.9 Å². The van der Waals surface area contributed by atoms with Gasteiger partial charge in [-0.2, -0.15) is 0 Å². The third-order valence-corrected chi connectivity index (χ3v) is 2.86. The van der Waals surface area contributed by atoms with Crippen LogP contribution in [0.15, 0.2) is 60.7 Å². The minimum atomic E-state index is -2.61. The van der Waals surface area contributed by atoms with Gasteiger partial charge < -0.3 is 12.6 Å². The molecule has 0 atom stereocenters. The maximum absolute atomic E-state index is 11.9. The third kappa shape index (κ3) is 5.85. The average Bonchev–Trinajstić information content (AvgIpc) is 2.46. The predicted octanol–water partition coefficient (Wildman–Crippen LogP) is 0.190. The van der Waals surface area contributed by atoms with Gasteiger partial charge in [0.25, 0.3) is 0 Å². The Kier molecular flexibility index (Phi) is 7.39. The van der Waals surface area contributed by atoms with Crippen LogP contribution in [0.4, 0.5) is 0 Å². The first-order valence-corrected chi connectivity index (χ1v) is 6.80. The SMILES string of the molecule is O=C(/C=C/c1ccccc1)c1ccc(O[S-](=O)=O)cc1.[Na+]. The molecular weight excluding hydrogens is 299 g/mol. The van der Waals surface area contributed by atoms with E-state index < -0.39 is 11.0 Å². The van der Waals surface area contributed by atoms with Crippen molar-refractivity contribution in [3.63, 3.8) is 0 Å². The van der Waals surface area contributed by atoms with Crippen LogP contribution in [0.3, 0.4) is 0 Å². The van der Waals surface area contributed by atoms with Crippen LogP contribution in [-0.4, -0.2) is 5.78 Å². The summed E-state index contributed by atoms with van der Waals surface area (Å²) in [4.78, 5) is 11.9. The van der Waals surface area contributed by atoms with Crippen molar-refractivity contribution in [2.45, 2.75) is 0 Å². The topological polar surface area (TPSA) is 60.4 Å². The van der Waals surface area contributed by atoms with E-state index in [1.807, 2.05) is 30.3 Å². The molecule has 0 saturated carbocycles. The fourth-order valence-electron chi connectivity index (χ4n) is 1.59. The number of hydrogen-bond acceptors (Lipinski definition) is 5. The molecule has 0 aliphatic rings. The second kappa shape index (κ2) is 8.79. The molecule has 4 nitrogen and oxygen atoms in total. The first kappa shape index (κ1) is 17.7. The summed E-state index contributed by atoms with van der Waals surface area (Å²) < 4.78 is 25.2. The van der Waals surface area contributed by atoms with Gasteiger partial charge in [0, 0.05) is 5.56 Å². The molecule has 0 bridgehead atoms. The predicted molar refractivity (Wildman–Crippen MR) is 75.6 cm³/mol. The Hall–Kier alpha value is -1.40. The molecular formula is C15H11NaO4S. The number of carbonyl (C=O) groups excluding carboxylic acids is 1. The summed E-state index contributed by atoms with van der Waals surface area (Å²) in [6.45, 7) is 0. The van der Waals surface area contributed by atoms with E-state index in [4.69, 9.17) is 0 Å². The molecule has 2 rings (SSSR count). The fraction of sp³-hybridized carbons (Fsp3) is 0. The van der Waals surface area contributed by atoms with Gasteiger partial charge in [0.1, 0.15) is 16.7 Å². The molecule has 0 aromatic heterocycles. The number of allylic oxidation sites excluding steroid dienone is 1. The zero-order chi connectivity index (χ0) is 14.4. The van der Waals surface area contributed by atoms with Crippen LogP contribution in [0.5, 0.6) is 5.75 Å². The molecule has 0 heterocycles. The minimum Gasteiger partial charge on any atom is -0.533 e. The zero-order valence-electron chi connectivity index (χ0n) is 11.4. The van der Waals surface area contributed by atoms with Gasteiger partial charge >= 0.3 is 29.6 Å². The standard InChI is InChI=1S/C15H11O4S.Na/c16-15(11-6-12-4-2-1-3-5-12)13-7-9-14(10-8-13)19-20(17)18;/h1-11H;/q-1;+1/b11-6+;. The third-order valence-electron chi connectivity index (χ3n) is 2.53. The van der Waals surface area contributed by atoms with Crippen LogP contribution in [0.1, 0.15) is 15.9 Å². The van der Waals surface area contributed by atoms with E-state index in [9.17, 15) is 13.2 Å². The van der Waals surface area contributed by atoms with Crippen molar-refractivity contribution in [1.29, 1.82) is 0 Å². The first-order valence-electron chi connectivity index (χ1n) is 5.80. The molecule has 2 aromatic rings. The van der Waals surface area contributed by atoms with Crippen LogP contribution in [0.2, 0.25) is 0 Å². The number of benzene rings is 2. The van der Waals surface area contributed by atoms with Gasteiger partial charge in [-0.3, -0.25) is 4.79 Å². The number of rotatable bonds is 5. The summed E-state index contributed by atoms with van der Waals surface area (Å²) in [5.74, 6) is 0.00516. The van der Waals surface area contributed by atoms with Gasteiger partial charge in [-0.1, -0.05) is 36.4 Å². The molecule has 6 heteroatoms. The fourth-order valence-corrected chi connectivity index (χ4v) is 1.85. The summed E-state index contributed by atoms with van der Waals surface area (Å²) >= 11 is 0. The quantitative estimate of drug-likeness (QED) is 0.342. The summed E-state index contributed by atoms with van der Waals surface area (Å²) in [7, 11) is -2.61. The molecule has 0 unspecified atom stereocenters. The molecule has 0 N–H and O–H groups in total.